The standard InChI is InChI=1S/C34H42N4O6/c1-22-21-43-31(35-22)28-16-10-17-37(28)32(41)25-14-8-13-24(20-25)30(40)36-26(19-23-11-6-5-7-12-23)29(39)27-15-9-18-38(27)33(42)44-34(2,3)4/h5-8,11-14,20-21,26-29,39H,9-10,15-19H2,1-4H3,(H,36,40). The zero-order valence-corrected chi connectivity index (χ0v) is 25.9. The third-order valence-electron chi connectivity index (χ3n) is 8.16. The molecular weight excluding hydrogens is 560 g/mol. The molecule has 2 N–H and O–H groups in total. The van der Waals surface area contributed by atoms with E-state index in [0.29, 0.717) is 42.9 Å². The second-order valence-corrected chi connectivity index (χ2v) is 12.7. The van der Waals surface area contributed by atoms with Gasteiger partial charge < -0.3 is 29.4 Å². The number of likely N-dealkylation sites (tertiary alicyclic amines) is 2. The Morgan fingerprint density at radius 1 is 1.02 bits per heavy atom. The molecule has 4 unspecified atom stereocenters. The molecule has 5 rings (SSSR count). The maximum atomic E-state index is 13.7. The van der Waals surface area contributed by atoms with E-state index in [9.17, 15) is 19.5 Å². The number of aliphatic hydroxyl groups excluding tert-OH is 1. The molecule has 3 aromatic rings. The van der Waals surface area contributed by atoms with Crippen molar-refractivity contribution >= 4 is 17.9 Å². The van der Waals surface area contributed by atoms with Gasteiger partial charge in [-0.1, -0.05) is 36.4 Å². The van der Waals surface area contributed by atoms with Gasteiger partial charge in [-0.25, -0.2) is 9.78 Å². The number of nitrogens with zero attached hydrogens (tertiary/aromatic N) is 3. The van der Waals surface area contributed by atoms with Crippen molar-refractivity contribution in [2.45, 2.75) is 89.6 Å². The van der Waals surface area contributed by atoms with Gasteiger partial charge in [-0.3, -0.25) is 9.59 Å². The molecule has 0 saturated carbocycles. The average Bonchev–Trinajstić information content (AvgIpc) is 3.77. The van der Waals surface area contributed by atoms with E-state index in [1.54, 1.807) is 40.3 Å². The van der Waals surface area contributed by atoms with Crippen LogP contribution in [0.5, 0.6) is 0 Å². The summed E-state index contributed by atoms with van der Waals surface area (Å²) in [5, 5.41) is 14.7. The number of carbonyl (C=O) groups excluding carboxylic acids is 3. The maximum absolute atomic E-state index is 13.7. The molecule has 10 nitrogen and oxygen atoms in total. The number of oxazole rings is 1. The first-order valence-corrected chi connectivity index (χ1v) is 15.4. The molecule has 10 heteroatoms. The zero-order valence-electron chi connectivity index (χ0n) is 25.9. The predicted molar refractivity (Wildman–Crippen MR) is 164 cm³/mol. The largest absolute Gasteiger partial charge is 0.446 e. The number of aromatic nitrogens is 1. The highest BCUT2D eigenvalue weighted by molar-refractivity contribution is 6.00. The molecule has 3 amide bonds. The van der Waals surface area contributed by atoms with Gasteiger partial charge in [-0.15, -0.1) is 0 Å². The van der Waals surface area contributed by atoms with Crippen LogP contribution in [0.25, 0.3) is 0 Å². The van der Waals surface area contributed by atoms with Crippen molar-refractivity contribution in [3.63, 3.8) is 0 Å². The van der Waals surface area contributed by atoms with Crippen LogP contribution in [-0.2, 0) is 11.2 Å². The van der Waals surface area contributed by atoms with Crippen LogP contribution >= 0.6 is 0 Å². The fourth-order valence-corrected chi connectivity index (χ4v) is 6.09. The Morgan fingerprint density at radius 3 is 2.43 bits per heavy atom. The SMILES string of the molecule is Cc1coc(C2CCCN2C(=O)c2cccc(C(=O)NC(Cc3ccccc3)C(O)C3CCCN3C(=O)OC(C)(C)C)c2)n1. The molecule has 1 aromatic heterocycles. The van der Waals surface area contributed by atoms with Crippen LogP contribution < -0.4 is 5.32 Å². The Morgan fingerprint density at radius 2 is 1.73 bits per heavy atom. The summed E-state index contributed by atoms with van der Waals surface area (Å²) in [6.07, 6.45) is 3.32. The summed E-state index contributed by atoms with van der Waals surface area (Å²) in [6, 6.07) is 14.8. The van der Waals surface area contributed by atoms with Crippen LogP contribution in [0, 0.1) is 6.92 Å². The lowest BCUT2D eigenvalue weighted by molar-refractivity contribution is -0.00161. The molecule has 234 valence electrons. The van der Waals surface area contributed by atoms with Gasteiger partial charge in [0.05, 0.1) is 23.9 Å². The van der Waals surface area contributed by atoms with Crippen LogP contribution in [0.1, 0.15) is 90.4 Å². The summed E-state index contributed by atoms with van der Waals surface area (Å²) in [7, 11) is 0. The van der Waals surface area contributed by atoms with Crippen molar-refractivity contribution in [3.8, 4) is 0 Å². The summed E-state index contributed by atoms with van der Waals surface area (Å²) in [4.78, 5) is 48.0. The number of hydrogen-bond acceptors (Lipinski definition) is 7. The molecule has 0 bridgehead atoms. The third-order valence-corrected chi connectivity index (χ3v) is 8.16. The lowest BCUT2D eigenvalue weighted by Crippen LogP contribution is -2.54. The number of aliphatic hydroxyl groups is 1. The molecule has 2 fully saturated rings. The van der Waals surface area contributed by atoms with Gasteiger partial charge in [0.25, 0.3) is 11.8 Å². The Hall–Kier alpha value is -4.18. The van der Waals surface area contributed by atoms with Crippen molar-refractivity contribution in [1.29, 1.82) is 0 Å². The van der Waals surface area contributed by atoms with Gasteiger partial charge in [0, 0.05) is 24.2 Å². The van der Waals surface area contributed by atoms with Gasteiger partial charge >= 0.3 is 6.09 Å². The highest BCUT2D eigenvalue weighted by Gasteiger charge is 2.40. The number of rotatable bonds is 8. The smallest absolute Gasteiger partial charge is 0.410 e. The fraction of sp³-hybridized carbons (Fsp3) is 0.471. The lowest BCUT2D eigenvalue weighted by atomic mass is 9.94. The number of amides is 3. The van der Waals surface area contributed by atoms with Gasteiger partial charge in [0.2, 0.25) is 5.89 Å². The summed E-state index contributed by atoms with van der Waals surface area (Å²) < 4.78 is 11.2. The minimum atomic E-state index is -1.05. The van der Waals surface area contributed by atoms with Crippen molar-refractivity contribution in [3.05, 3.63) is 89.1 Å². The molecule has 4 atom stereocenters. The van der Waals surface area contributed by atoms with Crippen LogP contribution in [0.4, 0.5) is 4.79 Å². The zero-order chi connectivity index (χ0) is 31.4. The number of benzene rings is 2. The minimum absolute atomic E-state index is 0.196. The number of aryl methyl sites for hydroxylation is 1. The maximum Gasteiger partial charge on any atom is 0.410 e. The fourth-order valence-electron chi connectivity index (χ4n) is 6.09. The van der Waals surface area contributed by atoms with E-state index < -0.39 is 35.8 Å². The van der Waals surface area contributed by atoms with Gasteiger partial charge in [0.15, 0.2) is 0 Å². The highest BCUT2D eigenvalue weighted by Crippen LogP contribution is 2.33. The summed E-state index contributed by atoms with van der Waals surface area (Å²) in [5.74, 6) is -0.0899. The van der Waals surface area contributed by atoms with Crippen molar-refractivity contribution in [2.75, 3.05) is 13.1 Å². The number of ether oxygens (including phenoxy) is 1. The quantitative estimate of drug-likeness (QED) is 0.369. The molecule has 2 aliphatic heterocycles. The highest BCUT2D eigenvalue weighted by atomic mass is 16.6. The van der Waals surface area contributed by atoms with E-state index in [0.717, 1.165) is 30.5 Å². The molecule has 3 heterocycles. The monoisotopic (exact) mass is 602 g/mol. The topological polar surface area (TPSA) is 125 Å². The molecule has 2 aromatic carbocycles. The van der Waals surface area contributed by atoms with Gasteiger partial charge in [-0.05, 0) is 83.6 Å². The molecule has 0 aliphatic carbocycles. The number of hydrogen-bond donors (Lipinski definition) is 2. The Labute approximate surface area is 258 Å². The van der Waals surface area contributed by atoms with E-state index in [2.05, 4.69) is 10.3 Å². The van der Waals surface area contributed by atoms with Gasteiger partial charge in [-0.2, -0.15) is 0 Å². The number of carbonyl (C=O) groups is 3. The van der Waals surface area contributed by atoms with Crippen LogP contribution in [-0.4, -0.2) is 74.7 Å². The lowest BCUT2D eigenvalue weighted by Gasteiger charge is -2.35. The Bertz CT molecular complexity index is 1470. The van der Waals surface area contributed by atoms with Crippen molar-refractivity contribution in [1.82, 2.24) is 20.1 Å². The van der Waals surface area contributed by atoms with E-state index in [4.69, 9.17) is 9.15 Å². The van der Waals surface area contributed by atoms with E-state index in [1.807, 2.05) is 58.0 Å². The van der Waals surface area contributed by atoms with Crippen LogP contribution in [0.2, 0.25) is 0 Å². The summed E-state index contributed by atoms with van der Waals surface area (Å²) in [6.45, 7) is 8.31. The molecule has 44 heavy (non-hydrogen) atoms. The van der Waals surface area contributed by atoms with Crippen LogP contribution in [0.15, 0.2) is 65.3 Å². The van der Waals surface area contributed by atoms with E-state index in [-0.39, 0.29) is 11.9 Å². The second-order valence-electron chi connectivity index (χ2n) is 12.7. The molecule has 0 radical (unpaired) electrons. The molecular formula is C34H42N4O6. The van der Waals surface area contributed by atoms with E-state index in [1.165, 1.54) is 0 Å². The van der Waals surface area contributed by atoms with Crippen molar-refractivity contribution in [2.24, 2.45) is 0 Å². The van der Waals surface area contributed by atoms with Crippen LogP contribution in [0.3, 0.4) is 0 Å². The van der Waals surface area contributed by atoms with E-state index >= 15 is 0 Å². The summed E-state index contributed by atoms with van der Waals surface area (Å²) in [5.41, 5.74) is 1.72. The summed E-state index contributed by atoms with van der Waals surface area (Å²) >= 11 is 0. The molecule has 2 saturated heterocycles. The average molecular weight is 603 g/mol. The first-order valence-electron chi connectivity index (χ1n) is 15.4. The third kappa shape index (κ3) is 7.30. The van der Waals surface area contributed by atoms with Gasteiger partial charge in [0.1, 0.15) is 17.9 Å². The Kier molecular flexibility index (Phi) is 9.39. The molecule has 2 aliphatic rings. The first kappa shape index (κ1) is 31.3. The first-order chi connectivity index (χ1) is 21.0. The Balaban J connectivity index is 1.34. The van der Waals surface area contributed by atoms with Crippen molar-refractivity contribution < 1.29 is 28.6 Å². The predicted octanol–water partition coefficient (Wildman–Crippen LogP) is 5.06. The molecule has 0 spiro atoms. The second kappa shape index (κ2) is 13.2. The normalized spacial score (nSPS) is 19.9. The minimum Gasteiger partial charge on any atom is -0.446 e. The number of nitrogens with one attached hydrogen (secondary N) is 1.